The molecule has 4 heterocycles. The van der Waals surface area contributed by atoms with Crippen molar-refractivity contribution in [3.63, 3.8) is 0 Å². The molecule has 0 saturated carbocycles. The van der Waals surface area contributed by atoms with Gasteiger partial charge in [-0.15, -0.1) is 11.3 Å². The van der Waals surface area contributed by atoms with Crippen molar-refractivity contribution in [3.8, 4) is 5.75 Å². The fraction of sp³-hybridized carbons (Fsp3) is 0.467. The third-order valence-electron chi connectivity index (χ3n) is 7.66. The maximum atomic E-state index is 13.2. The molecule has 0 spiro atoms. The van der Waals surface area contributed by atoms with E-state index in [9.17, 15) is 9.59 Å². The van der Waals surface area contributed by atoms with Gasteiger partial charge in [-0.2, -0.15) is 0 Å². The predicted octanol–water partition coefficient (Wildman–Crippen LogP) is 4.47. The standard InChI is InChI=1S/C30H38N6O3S/c1-21-7-6-8-22(2)27(21)39-19-23(3)32-28(37)25-20-40-29(33-25)24-10-13-35(14-11-24)30(38)36-17-15-34(16-18-36)26-9-4-5-12-31-26/h4-9,12,20,23-24H,10-11,13-19H2,1-3H3,(H,32,37). The largest absolute Gasteiger partial charge is 0.491 e. The average Bonchev–Trinajstić information content (AvgIpc) is 3.48. The second-order valence-corrected chi connectivity index (χ2v) is 11.6. The summed E-state index contributed by atoms with van der Waals surface area (Å²) in [5, 5.41) is 5.82. The zero-order valence-electron chi connectivity index (χ0n) is 23.5. The Morgan fingerprint density at radius 3 is 2.38 bits per heavy atom. The van der Waals surface area contributed by atoms with Crippen LogP contribution in [0, 0.1) is 13.8 Å². The number of piperidine rings is 1. The number of hydrogen-bond donors (Lipinski definition) is 1. The molecule has 0 radical (unpaired) electrons. The Labute approximate surface area is 240 Å². The Balaban J connectivity index is 1.06. The molecule has 9 nitrogen and oxygen atoms in total. The van der Waals surface area contributed by atoms with Crippen LogP contribution in [-0.4, -0.2) is 83.6 Å². The highest BCUT2D eigenvalue weighted by Crippen LogP contribution is 2.31. The zero-order chi connectivity index (χ0) is 28.1. The van der Waals surface area contributed by atoms with Crippen LogP contribution in [0.2, 0.25) is 0 Å². The average molecular weight is 563 g/mol. The van der Waals surface area contributed by atoms with Crippen molar-refractivity contribution < 1.29 is 14.3 Å². The molecule has 40 heavy (non-hydrogen) atoms. The molecular formula is C30H38N6O3S. The summed E-state index contributed by atoms with van der Waals surface area (Å²) in [5.74, 6) is 1.92. The van der Waals surface area contributed by atoms with E-state index in [1.165, 1.54) is 11.3 Å². The first-order chi connectivity index (χ1) is 19.4. The van der Waals surface area contributed by atoms with Crippen LogP contribution in [0.25, 0.3) is 0 Å². The van der Waals surface area contributed by atoms with E-state index < -0.39 is 0 Å². The molecule has 3 aromatic rings. The topological polar surface area (TPSA) is 90.9 Å². The van der Waals surface area contributed by atoms with Crippen LogP contribution in [0.3, 0.4) is 0 Å². The molecule has 0 aliphatic carbocycles. The molecule has 3 amide bonds. The van der Waals surface area contributed by atoms with E-state index >= 15 is 0 Å². The van der Waals surface area contributed by atoms with Crippen molar-refractivity contribution in [2.75, 3.05) is 50.8 Å². The van der Waals surface area contributed by atoms with E-state index in [1.807, 2.05) is 72.3 Å². The molecule has 2 aliphatic rings. The van der Waals surface area contributed by atoms with Gasteiger partial charge in [-0.3, -0.25) is 4.79 Å². The number of pyridine rings is 1. The van der Waals surface area contributed by atoms with Crippen molar-refractivity contribution in [3.05, 3.63) is 69.8 Å². The van der Waals surface area contributed by atoms with E-state index in [2.05, 4.69) is 20.2 Å². The lowest BCUT2D eigenvalue weighted by Gasteiger charge is -2.39. The Hall–Kier alpha value is -3.66. The van der Waals surface area contributed by atoms with Gasteiger partial charge >= 0.3 is 6.03 Å². The summed E-state index contributed by atoms with van der Waals surface area (Å²) < 4.78 is 5.99. The number of carbonyl (C=O) groups excluding carboxylic acids is 2. The van der Waals surface area contributed by atoms with Crippen LogP contribution in [0.5, 0.6) is 5.75 Å². The Kier molecular flexibility index (Phi) is 8.84. The monoisotopic (exact) mass is 562 g/mol. The molecule has 10 heteroatoms. The lowest BCUT2D eigenvalue weighted by atomic mass is 9.98. The Morgan fingerprint density at radius 1 is 1.00 bits per heavy atom. The van der Waals surface area contributed by atoms with Gasteiger partial charge in [0, 0.05) is 56.8 Å². The van der Waals surface area contributed by atoms with Crippen molar-refractivity contribution >= 4 is 29.1 Å². The molecule has 2 aliphatic heterocycles. The number of nitrogens with zero attached hydrogens (tertiary/aromatic N) is 5. The fourth-order valence-corrected chi connectivity index (χ4v) is 6.31. The van der Waals surface area contributed by atoms with Gasteiger partial charge in [0.2, 0.25) is 0 Å². The minimum absolute atomic E-state index is 0.121. The molecule has 1 N–H and O–H groups in total. The highest BCUT2D eigenvalue weighted by Gasteiger charge is 2.30. The number of anilines is 1. The summed E-state index contributed by atoms with van der Waals surface area (Å²) in [6.45, 7) is 10.8. The number of benzene rings is 1. The highest BCUT2D eigenvalue weighted by molar-refractivity contribution is 7.09. The van der Waals surface area contributed by atoms with Gasteiger partial charge < -0.3 is 24.8 Å². The summed E-state index contributed by atoms with van der Waals surface area (Å²) in [7, 11) is 0. The number of nitrogens with one attached hydrogen (secondary N) is 1. The third kappa shape index (κ3) is 6.55. The first-order valence-electron chi connectivity index (χ1n) is 14.0. The van der Waals surface area contributed by atoms with Crippen LogP contribution in [-0.2, 0) is 0 Å². The molecule has 0 bridgehead atoms. The number of rotatable bonds is 7. The van der Waals surface area contributed by atoms with Crippen LogP contribution in [0.15, 0.2) is 48.0 Å². The van der Waals surface area contributed by atoms with Gasteiger partial charge in [-0.25, -0.2) is 14.8 Å². The highest BCUT2D eigenvalue weighted by atomic mass is 32.1. The Morgan fingerprint density at radius 2 is 1.70 bits per heavy atom. The molecule has 1 aromatic carbocycles. The molecule has 2 aromatic heterocycles. The fourth-order valence-electron chi connectivity index (χ4n) is 5.34. The number of amides is 3. The minimum atomic E-state index is -0.183. The molecule has 5 rings (SSSR count). The number of urea groups is 1. The summed E-state index contributed by atoms with van der Waals surface area (Å²) in [6, 6.07) is 11.9. The predicted molar refractivity (Wildman–Crippen MR) is 157 cm³/mol. The van der Waals surface area contributed by atoms with Gasteiger partial charge in [0.25, 0.3) is 5.91 Å². The van der Waals surface area contributed by atoms with Crippen molar-refractivity contribution in [1.29, 1.82) is 0 Å². The number of ether oxygens (including phenoxy) is 1. The number of aromatic nitrogens is 2. The maximum Gasteiger partial charge on any atom is 0.320 e. The second-order valence-electron chi connectivity index (χ2n) is 10.7. The SMILES string of the molecule is Cc1cccc(C)c1OCC(C)NC(=O)c1csc(C2CCN(C(=O)N3CCN(c4ccccn4)CC3)CC2)n1. The summed E-state index contributed by atoms with van der Waals surface area (Å²) in [5.41, 5.74) is 2.61. The second kappa shape index (κ2) is 12.7. The molecule has 1 atom stereocenters. The van der Waals surface area contributed by atoms with Gasteiger partial charge in [-0.1, -0.05) is 24.3 Å². The van der Waals surface area contributed by atoms with Gasteiger partial charge in [-0.05, 0) is 56.9 Å². The van der Waals surface area contributed by atoms with E-state index in [0.717, 1.165) is 53.6 Å². The summed E-state index contributed by atoms with van der Waals surface area (Å²) in [4.78, 5) is 41.2. The quantitative estimate of drug-likeness (QED) is 0.457. The van der Waals surface area contributed by atoms with E-state index in [1.54, 1.807) is 6.20 Å². The summed E-state index contributed by atoms with van der Waals surface area (Å²) >= 11 is 1.53. The molecular weight excluding hydrogens is 524 g/mol. The van der Waals surface area contributed by atoms with E-state index in [-0.39, 0.29) is 23.9 Å². The van der Waals surface area contributed by atoms with Crippen molar-refractivity contribution in [2.24, 2.45) is 0 Å². The zero-order valence-corrected chi connectivity index (χ0v) is 24.3. The number of aryl methyl sites for hydroxylation is 2. The number of likely N-dealkylation sites (tertiary alicyclic amines) is 1. The van der Waals surface area contributed by atoms with Gasteiger partial charge in [0.15, 0.2) is 0 Å². The van der Waals surface area contributed by atoms with Crippen LogP contribution < -0.4 is 15.0 Å². The first kappa shape index (κ1) is 27.9. The van der Waals surface area contributed by atoms with Crippen molar-refractivity contribution in [2.45, 2.75) is 45.6 Å². The van der Waals surface area contributed by atoms with Crippen LogP contribution in [0.4, 0.5) is 10.6 Å². The van der Waals surface area contributed by atoms with E-state index in [4.69, 9.17) is 4.74 Å². The number of thiazole rings is 1. The molecule has 2 saturated heterocycles. The lowest BCUT2D eigenvalue weighted by Crippen LogP contribution is -2.54. The Bertz CT molecular complexity index is 1280. The normalized spacial score (nSPS) is 17.0. The van der Waals surface area contributed by atoms with Gasteiger partial charge in [0.1, 0.15) is 23.9 Å². The van der Waals surface area contributed by atoms with E-state index in [0.29, 0.717) is 38.5 Å². The summed E-state index contributed by atoms with van der Waals surface area (Å²) in [6.07, 6.45) is 3.52. The van der Waals surface area contributed by atoms with Crippen LogP contribution >= 0.6 is 11.3 Å². The minimum Gasteiger partial charge on any atom is -0.491 e. The third-order valence-corrected chi connectivity index (χ3v) is 8.66. The number of carbonyl (C=O) groups is 2. The first-order valence-corrected chi connectivity index (χ1v) is 14.9. The van der Waals surface area contributed by atoms with Gasteiger partial charge in [0.05, 0.1) is 11.0 Å². The number of para-hydroxylation sites is 1. The smallest absolute Gasteiger partial charge is 0.320 e. The maximum absolute atomic E-state index is 13.2. The number of piperazine rings is 1. The molecule has 1 unspecified atom stereocenters. The molecule has 212 valence electrons. The molecule has 2 fully saturated rings. The van der Waals surface area contributed by atoms with Crippen LogP contribution in [0.1, 0.15) is 52.3 Å². The van der Waals surface area contributed by atoms with Crippen molar-refractivity contribution in [1.82, 2.24) is 25.1 Å². The lowest BCUT2D eigenvalue weighted by molar-refractivity contribution is 0.0922. The number of hydrogen-bond acceptors (Lipinski definition) is 7.